The van der Waals surface area contributed by atoms with Crippen LogP contribution in [0.4, 0.5) is 34.1 Å². The molecule has 0 fully saturated rings. The van der Waals surface area contributed by atoms with Crippen LogP contribution in [0.5, 0.6) is 0 Å². The van der Waals surface area contributed by atoms with Crippen molar-refractivity contribution in [3.05, 3.63) is 220 Å². The second kappa shape index (κ2) is 16.1. The van der Waals surface area contributed by atoms with Crippen molar-refractivity contribution in [2.45, 2.75) is 58.2 Å². The molecule has 0 aromatic heterocycles. The molecule has 0 radical (unpaired) electrons. The first-order chi connectivity index (χ1) is 31.7. The summed E-state index contributed by atoms with van der Waals surface area (Å²) < 4.78 is 0. The van der Waals surface area contributed by atoms with Gasteiger partial charge >= 0.3 is 204 Å². The third kappa shape index (κ3) is 7.33. The van der Waals surface area contributed by atoms with Crippen LogP contribution in [-0.4, -0.2) is 8.07 Å². The largest absolute Gasteiger partial charge is 0.310 e. The average Bonchev–Trinajstić information content (AvgIpc) is 3.69. The van der Waals surface area contributed by atoms with E-state index in [0.29, 0.717) is 11.1 Å². The minimum atomic E-state index is -1.78. The molecule has 8 aromatic rings. The summed E-state index contributed by atoms with van der Waals surface area (Å²) in [6.07, 6.45) is 4.51. The molecule has 5 heteroatoms. The molecule has 4 nitrogen and oxygen atoms in total. The number of rotatable bonds is 9. The van der Waals surface area contributed by atoms with Crippen LogP contribution in [0, 0.1) is 22.7 Å². The minimum Gasteiger partial charge on any atom is -0.310 e. The van der Waals surface area contributed by atoms with Crippen LogP contribution in [0.1, 0.15) is 72.2 Å². The predicted molar refractivity (Wildman–Crippen MR) is 280 cm³/mol. The first-order valence-electron chi connectivity index (χ1n) is 23.0. The van der Waals surface area contributed by atoms with Gasteiger partial charge in [0.2, 0.25) is 0 Å². The van der Waals surface area contributed by atoms with E-state index in [9.17, 15) is 10.5 Å². The Balaban J connectivity index is 0.937. The maximum Gasteiger partial charge on any atom is 0.0991 e. The third-order valence-corrected chi connectivity index (χ3v) is 16.4. The molecule has 8 aromatic carbocycles. The molecule has 0 N–H and O–H groups in total. The van der Waals surface area contributed by atoms with Gasteiger partial charge in [-0.05, 0) is 76.3 Å². The van der Waals surface area contributed by atoms with Gasteiger partial charge < -0.3 is 4.90 Å². The van der Waals surface area contributed by atoms with Crippen molar-refractivity contribution < 1.29 is 0 Å². The van der Waals surface area contributed by atoms with Crippen molar-refractivity contribution >= 4 is 59.5 Å². The fourth-order valence-corrected chi connectivity index (χ4v) is 11.6. The smallest absolute Gasteiger partial charge is 0.0991 e. The van der Waals surface area contributed by atoms with Crippen LogP contribution in [0.25, 0.3) is 34.4 Å². The maximum atomic E-state index is 9.57. The molecule has 0 atom stereocenters. The Morgan fingerprint density at radius 3 is 1.11 bits per heavy atom. The SMILES string of the molecule is CC1(C)c2cc(/C=C/c3ccc4c(c3)C(C)(C)c3cc(N(c5ccc(C#N)cc5)c5ccc([SiH-](C)(C)C)cc5)ccc3-4)ccc2-c2ccc(N(c3ccccc3)c3ccc(C#N)cc3)cc21. The zero-order valence-corrected chi connectivity index (χ0v) is 39.9. The maximum absolute atomic E-state index is 9.57. The minimum absolute atomic E-state index is 0.215. The molecule has 0 spiro atoms. The molecular formula is C61H53N4Si-. The van der Waals surface area contributed by atoms with Crippen LogP contribution in [-0.2, 0) is 10.8 Å². The first kappa shape index (κ1) is 42.3. The van der Waals surface area contributed by atoms with Gasteiger partial charge in [-0.2, -0.15) is 5.26 Å². The molecule has 0 amide bonds. The zero-order chi connectivity index (χ0) is 46.0. The molecule has 0 unspecified atom stereocenters. The number of fused-ring (bicyclic) bond motifs is 6. The molecule has 0 bridgehead atoms. The summed E-state index contributed by atoms with van der Waals surface area (Å²) >= 11 is 0. The predicted octanol–water partition coefficient (Wildman–Crippen LogP) is 15.4. The quantitative estimate of drug-likeness (QED) is 0.107. The first-order valence-corrected chi connectivity index (χ1v) is 27.1. The number of nitrogens with zero attached hydrogens (tertiary/aromatic N) is 4. The summed E-state index contributed by atoms with van der Waals surface area (Å²) in [5.74, 6) is 0. The normalized spacial score (nSPS) is 14.1. The van der Waals surface area contributed by atoms with Gasteiger partial charge in [-0.25, -0.2) is 0 Å². The topological polar surface area (TPSA) is 54.1 Å². The Bertz CT molecular complexity index is 3290. The number of nitriles is 2. The number of para-hydroxylation sites is 1. The van der Waals surface area contributed by atoms with E-state index in [2.05, 4.69) is 215 Å². The molecule has 0 saturated heterocycles. The van der Waals surface area contributed by atoms with Crippen LogP contribution >= 0.6 is 0 Å². The van der Waals surface area contributed by atoms with Crippen molar-refractivity contribution in [2.24, 2.45) is 0 Å². The number of hydrogen-bond acceptors (Lipinski definition) is 4. The number of hydrogen-bond donors (Lipinski definition) is 0. The van der Waals surface area contributed by atoms with E-state index < -0.39 is 8.07 Å². The Morgan fingerprint density at radius 2 is 0.727 bits per heavy atom. The molecule has 0 heterocycles. The van der Waals surface area contributed by atoms with E-state index >= 15 is 0 Å². The third-order valence-electron chi connectivity index (χ3n) is 14.0. The molecule has 10 rings (SSSR count). The van der Waals surface area contributed by atoms with E-state index in [0.717, 1.165) is 34.1 Å². The van der Waals surface area contributed by atoms with Gasteiger partial charge in [0, 0.05) is 22.5 Å². The van der Waals surface area contributed by atoms with Crippen LogP contribution in [0.2, 0.25) is 19.6 Å². The molecule has 0 saturated carbocycles. The van der Waals surface area contributed by atoms with Crippen molar-refractivity contribution in [3.8, 4) is 34.4 Å². The van der Waals surface area contributed by atoms with Crippen LogP contribution in [0.3, 0.4) is 0 Å². The van der Waals surface area contributed by atoms with E-state index in [1.165, 1.54) is 60.8 Å². The van der Waals surface area contributed by atoms with Crippen molar-refractivity contribution in [1.82, 2.24) is 0 Å². The van der Waals surface area contributed by atoms with Gasteiger partial charge in [0.05, 0.1) is 11.6 Å². The van der Waals surface area contributed by atoms with Gasteiger partial charge in [-0.15, -0.1) is 0 Å². The molecule has 66 heavy (non-hydrogen) atoms. The fourth-order valence-electron chi connectivity index (χ4n) is 10.2. The summed E-state index contributed by atoms with van der Waals surface area (Å²) in [6, 6.07) is 67.4. The van der Waals surface area contributed by atoms with Gasteiger partial charge in [0.15, 0.2) is 0 Å². The monoisotopic (exact) mass is 869 g/mol. The molecule has 322 valence electrons. The second-order valence-corrected chi connectivity index (χ2v) is 26.0. The Kier molecular flexibility index (Phi) is 10.3. The summed E-state index contributed by atoms with van der Waals surface area (Å²) in [7, 11) is -1.78. The van der Waals surface area contributed by atoms with E-state index in [1.807, 2.05) is 42.5 Å². The standard InChI is InChI=1S/C61H53N4Si/c1-60(2)56-35-41(19-31-52(56)54-33-27-49(37-58(54)60)64(45-11-9-8-10-12-45)46-21-15-43(39-62)16-22-46)13-14-42-20-32-53-55-34-28-50(38-59(55)61(3,4)57(53)36-42)65(47-23-17-44(40-63)18-24-47)48-25-29-51(30-26-48)66(5,6)7/h8-38,66H,1-7H3/q-1/b14-13+. The van der Waals surface area contributed by atoms with Crippen molar-refractivity contribution in [1.29, 1.82) is 10.5 Å². The Morgan fingerprint density at radius 1 is 0.394 bits per heavy atom. The van der Waals surface area contributed by atoms with E-state index in [-0.39, 0.29) is 10.8 Å². The van der Waals surface area contributed by atoms with E-state index in [4.69, 9.17) is 0 Å². The van der Waals surface area contributed by atoms with Crippen LogP contribution in [0.15, 0.2) is 176 Å². The molecular weight excluding hydrogens is 817 g/mol. The van der Waals surface area contributed by atoms with Crippen LogP contribution < -0.4 is 15.0 Å². The molecule has 2 aliphatic rings. The summed E-state index contributed by atoms with van der Waals surface area (Å²) in [5, 5.41) is 20.5. The Hall–Kier alpha value is -7.70. The van der Waals surface area contributed by atoms with Gasteiger partial charge in [-0.3, -0.25) is 0 Å². The van der Waals surface area contributed by atoms with E-state index in [1.54, 1.807) is 0 Å². The van der Waals surface area contributed by atoms with Gasteiger partial charge in [0.1, 0.15) is 0 Å². The van der Waals surface area contributed by atoms with Gasteiger partial charge in [-0.1, -0.05) is 68.5 Å². The Labute approximate surface area is 391 Å². The van der Waals surface area contributed by atoms with Gasteiger partial charge in [0.25, 0.3) is 0 Å². The molecule has 0 aliphatic heterocycles. The van der Waals surface area contributed by atoms with Crippen molar-refractivity contribution in [3.63, 3.8) is 0 Å². The fraction of sp³-hybridized carbons (Fsp3) is 0.148. The summed E-state index contributed by atoms with van der Waals surface area (Å²) in [4.78, 5) is 4.59. The summed E-state index contributed by atoms with van der Waals surface area (Å²) in [5.41, 5.74) is 20.0. The summed E-state index contributed by atoms with van der Waals surface area (Å²) in [6.45, 7) is 16.6. The van der Waals surface area contributed by atoms with Crippen molar-refractivity contribution in [2.75, 3.05) is 9.80 Å². The number of benzene rings is 8. The zero-order valence-electron chi connectivity index (χ0n) is 38.8. The molecule has 2 aliphatic carbocycles. The second-order valence-electron chi connectivity index (χ2n) is 20.2. The average molecular weight is 870 g/mol. The number of anilines is 6.